The quantitative estimate of drug-likeness (QED) is 0.786. The minimum Gasteiger partial charge on any atom is -0.390 e. The van der Waals surface area contributed by atoms with Crippen LogP contribution in [0, 0.1) is 18.3 Å². The SMILES string of the molecule is Cc1cc(C(F)F)nc(CO)c1C#N. The molecule has 0 aromatic carbocycles. The molecule has 0 radical (unpaired) electrons. The highest BCUT2D eigenvalue weighted by molar-refractivity contribution is 5.41. The Morgan fingerprint density at radius 2 is 2.29 bits per heavy atom. The third-order valence-corrected chi connectivity index (χ3v) is 1.80. The number of hydrogen-bond donors (Lipinski definition) is 1. The van der Waals surface area contributed by atoms with Crippen LogP contribution in [0.5, 0.6) is 0 Å². The zero-order valence-electron chi connectivity index (χ0n) is 7.46. The van der Waals surface area contributed by atoms with Crippen molar-refractivity contribution in [1.29, 1.82) is 5.26 Å². The number of pyridine rings is 1. The van der Waals surface area contributed by atoms with Crippen LogP contribution < -0.4 is 0 Å². The van der Waals surface area contributed by atoms with Crippen molar-refractivity contribution in [2.75, 3.05) is 0 Å². The van der Waals surface area contributed by atoms with Crippen LogP contribution >= 0.6 is 0 Å². The van der Waals surface area contributed by atoms with Crippen LogP contribution in [0.15, 0.2) is 6.07 Å². The Morgan fingerprint density at radius 3 is 2.71 bits per heavy atom. The highest BCUT2D eigenvalue weighted by Crippen LogP contribution is 2.21. The molecule has 0 bridgehead atoms. The van der Waals surface area contributed by atoms with Crippen molar-refractivity contribution in [2.24, 2.45) is 0 Å². The van der Waals surface area contributed by atoms with E-state index in [1.807, 2.05) is 6.07 Å². The number of alkyl halides is 2. The molecule has 1 rings (SSSR count). The first kappa shape index (κ1) is 10.5. The summed E-state index contributed by atoms with van der Waals surface area (Å²) in [4.78, 5) is 3.50. The molecule has 14 heavy (non-hydrogen) atoms. The first-order valence-electron chi connectivity index (χ1n) is 3.89. The molecule has 0 atom stereocenters. The van der Waals surface area contributed by atoms with Gasteiger partial charge < -0.3 is 5.11 Å². The zero-order chi connectivity index (χ0) is 10.7. The monoisotopic (exact) mass is 198 g/mol. The van der Waals surface area contributed by atoms with Crippen LogP contribution in [0.25, 0.3) is 0 Å². The number of halogens is 2. The summed E-state index contributed by atoms with van der Waals surface area (Å²) in [5.41, 5.74) is 0.159. The maximum Gasteiger partial charge on any atom is 0.280 e. The molecule has 0 spiro atoms. The van der Waals surface area contributed by atoms with Gasteiger partial charge in [0, 0.05) is 0 Å². The number of hydrogen-bond acceptors (Lipinski definition) is 3. The summed E-state index contributed by atoms with van der Waals surface area (Å²) in [6.45, 7) is 1.02. The molecule has 1 heterocycles. The van der Waals surface area contributed by atoms with Crippen molar-refractivity contribution in [3.8, 4) is 6.07 Å². The molecule has 3 nitrogen and oxygen atoms in total. The third kappa shape index (κ3) is 1.86. The number of aliphatic hydroxyl groups excluding tert-OH is 1. The average Bonchev–Trinajstić information content (AvgIpc) is 2.16. The largest absolute Gasteiger partial charge is 0.390 e. The number of aromatic nitrogens is 1. The molecule has 0 amide bonds. The highest BCUT2D eigenvalue weighted by atomic mass is 19.3. The molecule has 0 aliphatic heterocycles. The van der Waals surface area contributed by atoms with Crippen LogP contribution in [0.2, 0.25) is 0 Å². The fraction of sp³-hybridized carbons (Fsp3) is 0.333. The van der Waals surface area contributed by atoms with Crippen molar-refractivity contribution in [1.82, 2.24) is 4.98 Å². The molecule has 0 aliphatic carbocycles. The van der Waals surface area contributed by atoms with E-state index in [1.54, 1.807) is 0 Å². The molecule has 1 aromatic rings. The zero-order valence-corrected chi connectivity index (χ0v) is 7.46. The molecule has 0 saturated heterocycles. The van der Waals surface area contributed by atoms with Gasteiger partial charge in [0.1, 0.15) is 11.8 Å². The Kier molecular flexibility index (Phi) is 3.10. The van der Waals surface area contributed by atoms with E-state index in [0.717, 1.165) is 6.07 Å². The van der Waals surface area contributed by atoms with Gasteiger partial charge in [-0.3, -0.25) is 0 Å². The predicted molar refractivity (Wildman–Crippen MR) is 44.6 cm³/mol. The van der Waals surface area contributed by atoms with Gasteiger partial charge in [-0.25, -0.2) is 13.8 Å². The van der Waals surface area contributed by atoms with Gasteiger partial charge in [0.05, 0.1) is 17.9 Å². The lowest BCUT2D eigenvalue weighted by Crippen LogP contribution is -2.02. The van der Waals surface area contributed by atoms with Crippen LogP contribution in [0.3, 0.4) is 0 Å². The van der Waals surface area contributed by atoms with Crippen molar-refractivity contribution in [3.63, 3.8) is 0 Å². The van der Waals surface area contributed by atoms with Gasteiger partial charge >= 0.3 is 0 Å². The van der Waals surface area contributed by atoms with E-state index in [2.05, 4.69) is 4.98 Å². The smallest absolute Gasteiger partial charge is 0.280 e. The summed E-state index contributed by atoms with van der Waals surface area (Å²) in [7, 11) is 0. The lowest BCUT2D eigenvalue weighted by Gasteiger charge is -2.06. The van der Waals surface area contributed by atoms with Crippen molar-refractivity contribution in [2.45, 2.75) is 20.0 Å². The predicted octanol–water partition coefficient (Wildman–Crippen LogP) is 1.69. The summed E-state index contributed by atoms with van der Waals surface area (Å²) in [6.07, 6.45) is -2.69. The maximum atomic E-state index is 12.3. The van der Waals surface area contributed by atoms with Crippen LogP contribution in [-0.2, 0) is 6.61 Å². The van der Waals surface area contributed by atoms with Gasteiger partial charge in [-0.1, -0.05) is 0 Å². The summed E-state index contributed by atoms with van der Waals surface area (Å²) >= 11 is 0. The minimum absolute atomic E-state index is 0.00259. The number of aliphatic hydroxyl groups is 1. The van der Waals surface area contributed by atoms with Crippen molar-refractivity contribution >= 4 is 0 Å². The van der Waals surface area contributed by atoms with Gasteiger partial charge in [0.25, 0.3) is 6.43 Å². The lowest BCUT2D eigenvalue weighted by molar-refractivity contribution is 0.145. The Balaban J connectivity index is 3.33. The summed E-state index contributed by atoms with van der Waals surface area (Å²) in [6, 6.07) is 2.97. The van der Waals surface area contributed by atoms with E-state index in [1.165, 1.54) is 6.92 Å². The fourth-order valence-electron chi connectivity index (χ4n) is 1.14. The Morgan fingerprint density at radius 1 is 1.64 bits per heavy atom. The van der Waals surface area contributed by atoms with Crippen LogP contribution in [-0.4, -0.2) is 10.1 Å². The van der Waals surface area contributed by atoms with Gasteiger partial charge in [-0.05, 0) is 18.6 Å². The first-order valence-corrected chi connectivity index (χ1v) is 3.89. The maximum absolute atomic E-state index is 12.3. The second-order valence-electron chi connectivity index (χ2n) is 2.76. The molecule has 0 aliphatic rings. The van der Waals surface area contributed by atoms with Gasteiger partial charge in [-0.2, -0.15) is 5.26 Å². The standard InChI is InChI=1S/C9H8F2N2O/c1-5-2-7(9(10)11)13-8(4-14)6(5)3-12/h2,9,14H,4H2,1H3. The van der Waals surface area contributed by atoms with E-state index in [4.69, 9.17) is 10.4 Å². The van der Waals surface area contributed by atoms with E-state index < -0.39 is 18.7 Å². The lowest BCUT2D eigenvalue weighted by atomic mass is 10.1. The Hall–Kier alpha value is -1.54. The summed E-state index contributed by atoms with van der Waals surface area (Å²) < 4.78 is 24.5. The number of nitrogens with zero attached hydrogens (tertiary/aromatic N) is 2. The number of aryl methyl sites for hydroxylation is 1. The minimum atomic E-state index is -2.69. The van der Waals surface area contributed by atoms with Gasteiger partial charge in [-0.15, -0.1) is 0 Å². The van der Waals surface area contributed by atoms with E-state index in [-0.39, 0.29) is 11.3 Å². The Bertz CT molecular complexity index is 385. The first-order chi connectivity index (χ1) is 6.60. The normalized spacial score (nSPS) is 10.3. The number of rotatable bonds is 2. The molecule has 0 saturated carbocycles. The fourth-order valence-corrected chi connectivity index (χ4v) is 1.14. The molecule has 0 fully saturated rings. The van der Waals surface area contributed by atoms with Crippen LogP contribution in [0.1, 0.15) is 28.9 Å². The molecule has 0 unspecified atom stereocenters. The Labute approximate surface area is 79.6 Å². The molecule has 5 heteroatoms. The third-order valence-electron chi connectivity index (χ3n) is 1.80. The van der Waals surface area contributed by atoms with E-state index in [9.17, 15) is 8.78 Å². The van der Waals surface area contributed by atoms with Crippen molar-refractivity contribution in [3.05, 3.63) is 28.6 Å². The molecule has 1 aromatic heterocycles. The second-order valence-corrected chi connectivity index (χ2v) is 2.76. The van der Waals surface area contributed by atoms with Crippen LogP contribution in [0.4, 0.5) is 8.78 Å². The second kappa shape index (κ2) is 4.11. The molecular weight excluding hydrogens is 190 g/mol. The number of nitriles is 1. The highest BCUT2D eigenvalue weighted by Gasteiger charge is 2.14. The van der Waals surface area contributed by atoms with E-state index >= 15 is 0 Å². The summed E-state index contributed by atoms with van der Waals surface area (Å²) in [5, 5.41) is 17.5. The topological polar surface area (TPSA) is 56.9 Å². The molecule has 1 N–H and O–H groups in total. The average molecular weight is 198 g/mol. The van der Waals surface area contributed by atoms with Crippen molar-refractivity contribution < 1.29 is 13.9 Å². The van der Waals surface area contributed by atoms with E-state index in [0.29, 0.717) is 5.56 Å². The van der Waals surface area contributed by atoms with Gasteiger partial charge in [0.2, 0.25) is 0 Å². The molecule has 74 valence electrons. The summed E-state index contributed by atoms with van der Waals surface area (Å²) in [5.74, 6) is 0. The molecular formula is C9H8F2N2O. The van der Waals surface area contributed by atoms with Gasteiger partial charge in [0.15, 0.2) is 0 Å².